The molecular weight excluding hydrogens is 406 g/mol. The van der Waals surface area contributed by atoms with E-state index in [2.05, 4.69) is 10.6 Å². The van der Waals surface area contributed by atoms with Crippen LogP contribution in [0.2, 0.25) is 0 Å². The second-order valence-corrected chi connectivity index (χ2v) is 9.21. The highest BCUT2D eigenvalue weighted by molar-refractivity contribution is 7.89. The highest BCUT2D eigenvalue weighted by atomic mass is 32.2. The van der Waals surface area contributed by atoms with Crippen LogP contribution in [0.15, 0.2) is 47.4 Å². The number of rotatable bonds is 4. The van der Waals surface area contributed by atoms with E-state index in [0.29, 0.717) is 44.0 Å². The van der Waals surface area contributed by atoms with Gasteiger partial charge in [0.1, 0.15) is 0 Å². The molecule has 0 unspecified atom stereocenters. The molecule has 2 amide bonds. The summed E-state index contributed by atoms with van der Waals surface area (Å²) in [5.74, 6) is -0.310. The van der Waals surface area contributed by atoms with Crippen molar-refractivity contribution in [3.63, 3.8) is 0 Å². The van der Waals surface area contributed by atoms with Crippen molar-refractivity contribution in [2.24, 2.45) is 0 Å². The van der Waals surface area contributed by atoms with Crippen molar-refractivity contribution >= 4 is 33.2 Å². The van der Waals surface area contributed by atoms with Gasteiger partial charge < -0.3 is 15.4 Å². The van der Waals surface area contributed by atoms with Gasteiger partial charge in [0.2, 0.25) is 15.9 Å². The van der Waals surface area contributed by atoms with Crippen molar-refractivity contribution in [2.45, 2.75) is 24.2 Å². The highest BCUT2D eigenvalue weighted by Gasteiger charge is 2.26. The molecule has 9 heteroatoms. The van der Waals surface area contributed by atoms with Crippen molar-refractivity contribution in [1.29, 1.82) is 0 Å². The summed E-state index contributed by atoms with van der Waals surface area (Å²) in [4.78, 5) is 24.5. The minimum absolute atomic E-state index is 0.0157. The number of aryl methyl sites for hydroxylation is 1. The van der Waals surface area contributed by atoms with Gasteiger partial charge in [-0.25, -0.2) is 8.42 Å². The molecule has 0 spiro atoms. The van der Waals surface area contributed by atoms with Crippen LogP contribution in [0.25, 0.3) is 0 Å². The van der Waals surface area contributed by atoms with E-state index in [0.717, 1.165) is 24.1 Å². The smallest absolute Gasteiger partial charge is 0.255 e. The third-order valence-electron chi connectivity index (χ3n) is 5.21. The predicted octanol–water partition coefficient (Wildman–Crippen LogP) is 2.23. The van der Waals surface area contributed by atoms with E-state index >= 15 is 0 Å². The fraction of sp³-hybridized carbons (Fsp3) is 0.333. The fourth-order valence-electron chi connectivity index (χ4n) is 3.57. The molecule has 0 aliphatic carbocycles. The van der Waals surface area contributed by atoms with E-state index in [1.807, 2.05) is 0 Å². The van der Waals surface area contributed by atoms with Gasteiger partial charge in [-0.1, -0.05) is 0 Å². The molecule has 2 aromatic rings. The molecule has 0 radical (unpaired) electrons. The van der Waals surface area contributed by atoms with Crippen LogP contribution in [0, 0.1) is 0 Å². The maximum atomic E-state index is 12.7. The molecule has 1 saturated heterocycles. The van der Waals surface area contributed by atoms with Crippen LogP contribution in [-0.2, 0) is 26.0 Å². The van der Waals surface area contributed by atoms with Crippen LogP contribution in [0.1, 0.15) is 28.8 Å². The number of carbonyl (C=O) groups excluding carboxylic acids is 2. The number of anilines is 2. The SMILES string of the molecule is O=C1CCCc2cc(C(=O)Nc3ccc(S(=O)(=O)N4CCOCC4)cc3)ccc2N1. The Morgan fingerprint density at radius 1 is 1.03 bits per heavy atom. The number of hydrogen-bond donors (Lipinski definition) is 2. The van der Waals surface area contributed by atoms with Crippen molar-refractivity contribution in [1.82, 2.24) is 4.31 Å². The number of sulfonamides is 1. The Labute approximate surface area is 175 Å². The lowest BCUT2D eigenvalue weighted by Gasteiger charge is -2.26. The van der Waals surface area contributed by atoms with E-state index in [1.165, 1.54) is 16.4 Å². The molecule has 8 nitrogen and oxygen atoms in total. The topological polar surface area (TPSA) is 105 Å². The molecule has 0 bridgehead atoms. The first-order valence-electron chi connectivity index (χ1n) is 9.85. The van der Waals surface area contributed by atoms with Crippen LogP contribution in [0.3, 0.4) is 0 Å². The molecule has 2 heterocycles. The van der Waals surface area contributed by atoms with Crippen LogP contribution >= 0.6 is 0 Å². The van der Waals surface area contributed by atoms with Gasteiger partial charge in [0.25, 0.3) is 5.91 Å². The van der Waals surface area contributed by atoms with E-state index in [4.69, 9.17) is 4.74 Å². The molecule has 2 aliphatic heterocycles. The molecule has 2 aromatic carbocycles. The van der Waals surface area contributed by atoms with Crippen molar-refractivity contribution in [3.8, 4) is 0 Å². The first-order chi connectivity index (χ1) is 14.4. The average Bonchev–Trinajstić information content (AvgIpc) is 2.94. The largest absolute Gasteiger partial charge is 0.379 e. The van der Waals surface area contributed by atoms with E-state index < -0.39 is 10.0 Å². The standard InChI is InChI=1S/C21H23N3O5S/c25-20-3-1-2-15-14-16(4-9-19(15)23-20)21(26)22-17-5-7-18(8-6-17)30(27,28)24-10-12-29-13-11-24/h4-9,14H,1-3,10-13H2,(H,22,26)(H,23,25). The molecule has 2 N–H and O–H groups in total. The number of benzene rings is 2. The number of carbonyl (C=O) groups is 2. The van der Waals surface area contributed by atoms with Gasteiger partial charge in [0.05, 0.1) is 18.1 Å². The van der Waals surface area contributed by atoms with Gasteiger partial charge >= 0.3 is 0 Å². The zero-order valence-corrected chi connectivity index (χ0v) is 17.2. The van der Waals surface area contributed by atoms with E-state index in [9.17, 15) is 18.0 Å². The minimum atomic E-state index is -3.57. The van der Waals surface area contributed by atoms with Crippen LogP contribution in [-0.4, -0.2) is 50.8 Å². The number of ether oxygens (including phenoxy) is 1. The molecule has 4 rings (SSSR count). The van der Waals surface area contributed by atoms with Crippen LogP contribution in [0.4, 0.5) is 11.4 Å². The van der Waals surface area contributed by atoms with Crippen molar-refractivity contribution in [2.75, 3.05) is 36.9 Å². The van der Waals surface area contributed by atoms with Crippen LogP contribution in [0.5, 0.6) is 0 Å². The Morgan fingerprint density at radius 2 is 1.77 bits per heavy atom. The summed E-state index contributed by atoms with van der Waals surface area (Å²) in [5.41, 5.74) is 2.66. The van der Waals surface area contributed by atoms with Gasteiger partial charge in [0.15, 0.2) is 0 Å². The number of fused-ring (bicyclic) bond motifs is 1. The van der Waals surface area contributed by atoms with E-state index in [-0.39, 0.29) is 16.7 Å². The van der Waals surface area contributed by atoms with Gasteiger partial charge in [-0.15, -0.1) is 0 Å². The summed E-state index contributed by atoms with van der Waals surface area (Å²) < 4.78 is 32.0. The zero-order valence-electron chi connectivity index (χ0n) is 16.4. The second-order valence-electron chi connectivity index (χ2n) is 7.27. The minimum Gasteiger partial charge on any atom is -0.379 e. The summed E-state index contributed by atoms with van der Waals surface area (Å²) in [6.07, 6.45) is 1.93. The summed E-state index contributed by atoms with van der Waals surface area (Å²) in [6, 6.07) is 11.3. The summed E-state index contributed by atoms with van der Waals surface area (Å²) in [6.45, 7) is 1.44. The number of morpholine rings is 1. The number of nitrogens with one attached hydrogen (secondary N) is 2. The van der Waals surface area contributed by atoms with Gasteiger partial charge in [0, 0.05) is 36.4 Å². The second kappa shape index (κ2) is 8.55. The molecule has 0 aromatic heterocycles. The molecular formula is C21H23N3O5S. The van der Waals surface area contributed by atoms with E-state index in [1.54, 1.807) is 30.3 Å². The van der Waals surface area contributed by atoms with Gasteiger partial charge in [-0.2, -0.15) is 4.31 Å². The Kier molecular flexibility index (Phi) is 5.85. The third-order valence-corrected chi connectivity index (χ3v) is 7.12. The summed E-state index contributed by atoms with van der Waals surface area (Å²) >= 11 is 0. The normalized spacial score (nSPS) is 17.5. The monoisotopic (exact) mass is 429 g/mol. The quantitative estimate of drug-likeness (QED) is 0.776. The Morgan fingerprint density at radius 3 is 2.50 bits per heavy atom. The number of hydrogen-bond acceptors (Lipinski definition) is 5. The Hall–Kier alpha value is -2.75. The fourth-order valence-corrected chi connectivity index (χ4v) is 4.97. The molecule has 30 heavy (non-hydrogen) atoms. The molecule has 1 fully saturated rings. The molecule has 0 saturated carbocycles. The van der Waals surface area contributed by atoms with Crippen LogP contribution < -0.4 is 10.6 Å². The Bertz CT molecular complexity index is 1060. The number of nitrogens with zero attached hydrogens (tertiary/aromatic N) is 1. The lowest BCUT2D eigenvalue weighted by atomic mass is 10.0. The molecule has 158 valence electrons. The van der Waals surface area contributed by atoms with Crippen molar-refractivity contribution in [3.05, 3.63) is 53.6 Å². The van der Waals surface area contributed by atoms with Crippen molar-refractivity contribution < 1.29 is 22.7 Å². The predicted molar refractivity (Wildman–Crippen MR) is 112 cm³/mol. The first kappa shape index (κ1) is 20.5. The third kappa shape index (κ3) is 4.38. The lowest BCUT2D eigenvalue weighted by molar-refractivity contribution is -0.116. The molecule has 2 aliphatic rings. The summed E-state index contributed by atoms with van der Waals surface area (Å²) in [7, 11) is -3.57. The first-order valence-corrected chi connectivity index (χ1v) is 11.3. The zero-order chi connectivity index (χ0) is 21.1. The average molecular weight is 429 g/mol. The highest BCUT2D eigenvalue weighted by Crippen LogP contribution is 2.24. The van der Waals surface area contributed by atoms with Gasteiger partial charge in [-0.05, 0) is 60.9 Å². The lowest BCUT2D eigenvalue weighted by Crippen LogP contribution is -2.40. The number of amides is 2. The Balaban J connectivity index is 1.46. The maximum Gasteiger partial charge on any atom is 0.255 e. The van der Waals surface area contributed by atoms with Gasteiger partial charge in [-0.3, -0.25) is 9.59 Å². The summed E-state index contributed by atoms with van der Waals surface area (Å²) in [5, 5.41) is 5.64. The molecule has 0 atom stereocenters. The maximum absolute atomic E-state index is 12.7.